The summed E-state index contributed by atoms with van der Waals surface area (Å²) < 4.78 is 0. The van der Waals surface area contributed by atoms with E-state index >= 15 is 0 Å². The second-order valence-electron chi connectivity index (χ2n) is 4.21. The van der Waals surface area contributed by atoms with Crippen LogP contribution in [0.15, 0.2) is 54.9 Å². The fourth-order valence-electron chi connectivity index (χ4n) is 1.90. The van der Waals surface area contributed by atoms with Crippen molar-refractivity contribution in [1.29, 1.82) is 0 Å². The highest BCUT2D eigenvalue weighted by molar-refractivity contribution is 6.34. The molecule has 20 heavy (non-hydrogen) atoms. The van der Waals surface area contributed by atoms with Gasteiger partial charge < -0.3 is 5.32 Å². The molecule has 1 N–H and O–H groups in total. The lowest BCUT2D eigenvalue weighted by atomic mass is 10.1. The Labute approximate surface area is 120 Å². The number of anilines is 1. The number of nitrogens with one attached hydrogen (secondary N) is 1. The summed E-state index contributed by atoms with van der Waals surface area (Å²) in [5, 5.41) is 4.78. The molecule has 98 valence electrons. The third-order valence-electron chi connectivity index (χ3n) is 2.86. The molecule has 1 aromatic carbocycles. The second-order valence-corrected chi connectivity index (χ2v) is 4.57. The van der Waals surface area contributed by atoms with Crippen molar-refractivity contribution in [1.82, 2.24) is 9.97 Å². The van der Waals surface area contributed by atoms with Crippen LogP contribution in [-0.2, 0) is 0 Å². The lowest BCUT2D eigenvalue weighted by molar-refractivity contribution is 0.102. The molecule has 0 radical (unpaired) electrons. The number of fused-ring (bicyclic) bond motifs is 1. The van der Waals surface area contributed by atoms with Crippen LogP contribution in [0.1, 0.15) is 10.5 Å². The summed E-state index contributed by atoms with van der Waals surface area (Å²) in [5.74, 6) is -0.302. The minimum absolute atomic E-state index is 0.283. The third-order valence-corrected chi connectivity index (χ3v) is 3.15. The molecule has 0 saturated heterocycles. The number of nitrogens with zero attached hydrogens (tertiary/aromatic N) is 2. The number of amides is 1. The van der Waals surface area contributed by atoms with Crippen molar-refractivity contribution in [3.05, 3.63) is 65.7 Å². The van der Waals surface area contributed by atoms with E-state index in [0.29, 0.717) is 10.8 Å². The Morgan fingerprint density at radius 3 is 2.65 bits per heavy atom. The van der Waals surface area contributed by atoms with Crippen LogP contribution in [-0.4, -0.2) is 15.9 Å². The number of hydrogen-bond donors (Lipinski definition) is 1. The van der Waals surface area contributed by atoms with Gasteiger partial charge in [0.25, 0.3) is 5.91 Å². The van der Waals surface area contributed by atoms with Crippen LogP contribution in [0, 0.1) is 0 Å². The monoisotopic (exact) mass is 283 g/mol. The van der Waals surface area contributed by atoms with Crippen LogP contribution in [0.3, 0.4) is 0 Å². The van der Waals surface area contributed by atoms with E-state index in [1.165, 1.54) is 0 Å². The number of halogens is 1. The van der Waals surface area contributed by atoms with Crippen molar-refractivity contribution >= 4 is 34.0 Å². The van der Waals surface area contributed by atoms with Crippen molar-refractivity contribution in [3.63, 3.8) is 0 Å². The molecule has 2 heterocycles. The van der Waals surface area contributed by atoms with Crippen molar-refractivity contribution in [3.8, 4) is 0 Å². The van der Waals surface area contributed by atoms with Gasteiger partial charge in [-0.3, -0.25) is 9.78 Å². The lowest BCUT2D eigenvalue weighted by Gasteiger charge is -2.06. The number of carbonyl (C=O) groups is 1. The van der Waals surface area contributed by atoms with Crippen LogP contribution < -0.4 is 5.32 Å². The first-order valence-corrected chi connectivity index (χ1v) is 6.38. The number of benzene rings is 1. The van der Waals surface area contributed by atoms with Crippen LogP contribution in [0.5, 0.6) is 0 Å². The van der Waals surface area contributed by atoms with Gasteiger partial charge in [0.05, 0.1) is 0 Å². The lowest BCUT2D eigenvalue weighted by Crippen LogP contribution is -2.13. The first kappa shape index (κ1) is 12.6. The maximum absolute atomic E-state index is 12.2. The summed E-state index contributed by atoms with van der Waals surface area (Å²) in [5.41, 5.74) is 0.946. The van der Waals surface area contributed by atoms with Gasteiger partial charge in [-0.2, -0.15) is 0 Å². The fraction of sp³-hybridized carbons (Fsp3) is 0. The summed E-state index contributed by atoms with van der Waals surface area (Å²) >= 11 is 6.11. The summed E-state index contributed by atoms with van der Waals surface area (Å²) in [6.07, 6.45) is 3.22. The van der Waals surface area contributed by atoms with Gasteiger partial charge in [0.1, 0.15) is 10.8 Å². The van der Waals surface area contributed by atoms with Crippen LogP contribution in [0.25, 0.3) is 10.8 Å². The number of pyridine rings is 2. The zero-order valence-corrected chi connectivity index (χ0v) is 11.1. The number of aromatic nitrogens is 2. The molecule has 0 aliphatic carbocycles. The molecule has 0 aliphatic rings. The largest absolute Gasteiger partial charge is 0.321 e. The highest BCUT2D eigenvalue weighted by atomic mass is 35.5. The molecule has 0 saturated carbocycles. The number of carbonyl (C=O) groups excluding carboxylic acids is 1. The Bertz CT molecular complexity index is 774. The number of hydrogen-bond acceptors (Lipinski definition) is 3. The van der Waals surface area contributed by atoms with Crippen molar-refractivity contribution in [2.75, 3.05) is 5.32 Å². The maximum Gasteiger partial charge on any atom is 0.274 e. The Kier molecular flexibility index (Phi) is 3.31. The highest BCUT2D eigenvalue weighted by Crippen LogP contribution is 2.22. The molecule has 3 rings (SSSR count). The smallest absolute Gasteiger partial charge is 0.274 e. The zero-order chi connectivity index (χ0) is 13.9. The Morgan fingerprint density at radius 2 is 1.85 bits per heavy atom. The molecule has 0 unspecified atom stereocenters. The summed E-state index contributed by atoms with van der Waals surface area (Å²) in [7, 11) is 0. The zero-order valence-electron chi connectivity index (χ0n) is 10.4. The van der Waals surface area contributed by atoms with Gasteiger partial charge in [-0.1, -0.05) is 35.9 Å². The summed E-state index contributed by atoms with van der Waals surface area (Å²) in [6, 6.07) is 12.7. The highest BCUT2D eigenvalue weighted by Gasteiger charge is 2.11. The van der Waals surface area contributed by atoms with Gasteiger partial charge in [0.15, 0.2) is 0 Å². The Morgan fingerprint density at radius 1 is 1.10 bits per heavy atom. The summed E-state index contributed by atoms with van der Waals surface area (Å²) in [6.45, 7) is 0. The molecule has 3 aromatic rings. The quantitative estimate of drug-likeness (QED) is 0.732. The second kappa shape index (κ2) is 5.27. The van der Waals surface area contributed by atoms with Crippen LogP contribution in [0.4, 0.5) is 5.69 Å². The van der Waals surface area contributed by atoms with E-state index < -0.39 is 0 Å². The maximum atomic E-state index is 12.2. The van der Waals surface area contributed by atoms with Crippen molar-refractivity contribution in [2.45, 2.75) is 0 Å². The molecule has 2 aromatic heterocycles. The van der Waals surface area contributed by atoms with Crippen LogP contribution >= 0.6 is 11.6 Å². The molecule has 0 fully saturated rings. The Hall–Kier alpha value is -2.46. The van der Waals surface area contributed by atoms with E-state index in [-0.39, 0.29) is 11.6 Å². The van der Waals surface area contributed by atoms with Gasteiger partial charge >= 0.3 is 0 Å². The molecule has 0 bridgehead atoms. The summed E-state index contributed by atoms with van der Waals surface area (Å²) in [4.78, 5) is 20.2. The normalized spacial score (nSPS) is 10.4. The number of rotatable bonds is 2. The molecule has 5 heteroatoms. The third kappa shape index (κ3) is 2.46. The Balaban J connectivity index is 1.96. The topological polar surface area (TPSA) is 54.9 Å². The predicted octanol–water partition coefficient (Wildman–Crippen LogP) is 3.54. The van der Waals surface area contributed by atoms with Gasteiger partial charge in [0, 0.05) is 23.5 Å². The van der Waals surface area contributed by atoms with Gasteiger partial charge in [0.2, 0.25) is 0 Å². The van der Waals surface area contributed by atoms with E-state index in [2.05, 4.69) is 15.3 Å². The van der Waals surface area contributed by atoms with Gasteiger partial charge in [-0.15, -0.1) is 0 Å². The molecule has 0 aliphatic heterocycles. The van der Waals surface area contributed by atoms with Gasteiger partial charge in [-0.05, 0) is 23.6 Å². The van der Waals surface area contributed by atoms with Crippen LogP contribution in [0.2, 0.25) is 5.15 Å². The standard InChI is InChI=1S/C15H10ClN3O/c16-14-12-4-2-1-3-10(12)9-13(19-14)15(20)18-11-5-7-17-8-6-11/h1-9H,(H,17,18,20). The fourth-order valence-corrected chi connectivity index (χ4v) is 2.17. The SMILES string of the molecule is O=C(Nc1ccncc1)c1cc2ccccc2c(Cl)n1. The van der Waals surface area contributed by atoms with Crippen molar-refractivity contribution in [2.24, 2.45) is 0 Å². The molecular weight excluding hydrogens is 274 g/mol. The average Bonchev–Trinajstić information content (AvgIpc) is 2.48. The molecule has 4 nitrogen and oxygen atoms in total. The first-order chi connectivity index (χ1) is 9.74. The minimum atomic E-state index is -0.302. The van der Waals surface area contributed by atoms with Crippen molar-refractivity contribution < 1.29 is 4.79 Å². The molecular formula is C15H10ClN3O. The molecule has 0 atom stereocenters. The van der Waals surface area contributed by atoms with E-state index in [4.69, 9.17) is 11.6 Å². The minimum Gasteiger partial charge on any atom is -0.321 e. The van der Waals surface area contributed by atoms with E-state index in [0.717, 1.165) is 10.8 Å². The molecule has 1 amide bonds. The van der Waals surface area contributed by atoms with Gasteiger partial charge in [-0.25, -0.2) is 4.98 Å². The average molecular weight is 284 g/mol. The predicted molar refractivity (Wildman–Crippen MR) is 78.9 cm³/mol. The van der Waals surface area contributed by atoms with E-state index in [1.54, 1.807) is 30.6 Å². The molecule has 0 spiro atoms. The van der Waals surface area contributed by atoms with E-state index in [1.807, 2.05) is 24.3 Å². The van der Waals surface area contributed by atoms with E-state index in [9.17, 15) is 4.79 Å². The first-order valence-electron chi connectivity index (χ1n) is 6.01.